The van der Waals surface area contributed by atoms with Gasteiger partial charge in [-0.15, -0.1) is 0 Å². The first-order chi connectivity index (χ1) is 13.1. The van der Waals surface area contributed by atoms with Gasteiger partial charge in [-0.1, -0.05) is 60.7 Å². The molecule has 0 saturated heterocycles. The van der Waals surface area contributed by atoms with Crippen LogP contribution in [0.1, 0.15) is 11.1 Å². The highest BCUT2D eigenvalue weighted by atomic mass is 16.3. The minimum absolute atomic E-state index is 0.315. The molecule has 0 amide bonds. The van der Waals surface area contributed by atoms with Crippen LogP contribution in [-0.4, -0.2) is 33.8 Å². The van der Waals surface area contributed by atoms with Crippen molar-refractivity contribution < 1.29 is 5.11 Å². The van der Waals surface area contributed by atoms with E-state index in [1.165, 1.54) is 0 Å². The average Bonchev–Trinajstić information content (AvgIpc) is 2.70. The largest absolute Gasteiger partial charge is 0.390 e. The van der Waals surface area contributed by atoms with Crippen LogP contribution in [0.3, 0.4) is 0 Å². The van der Waals surface area contributed by atoms with Gasteiger partial charge in [0.1, 0.15) is 0 Å². The van der Waals surface area contributed by atoms with Gasteiger partial charge in [0.25, 0.3) is 0 Å². The quantitative estimate of drug-likeness (QED) is 0.423. The third-order valence-corrected chi connectivity index (χ3v) is 4.53. The predicted octanol–water partition coefficient (Wildman–Crippen LogP) is 2.36. The topological polar surface area (TPSA) is 88.4 Å². The molecule has 0 fully saturated rings. The number of hydrogen-bond acceptors (Lipinski definition) is 5. The minimum Gasteiger partial charge on any atom is -0.390 e. The summed E-state index contributed by atoms with van der Waals surface area (Å²) in [4.78, 5) is 4.35. The summed E-state index contributed by atoms with van der Waals surface area (Å²) in [5.74, 6) is 6.09. The van der Waals surface area contributed by atoms with E-state index in [1.807, 2.05) is 72.8 Å². The van der Waals surface area contributed by atoms with E-state index in [1.54, 1.807) is 11.2 Å². The molecule has 2 aromatic carbocycles. The van der Waals surface area contributed by atoms with Crippen molar-refractivity contribution in [3.8, 4) is 11.3 Å². The fourth-order valence-electron chi connectivity index (χ4n) is 3.01. The maximum atomic E-state index is 10.4. The zero-order chi connectivity index (χ0) is 19.1. The summed E-state index contributed by atoms with van der Waals surface area (Å²) in [5.41, 5.74) is 10.3. The van der Waals surface area contributed by atoms with Crippen molar-refractivity contribution in [2.75, 3.05) is 6.54 Å². The lowest BCUT2D eigenvalue weighted by Crippen LogP contribution is -2.46. The molecule has 27 heavy (non-hydrogen) atoms. The zero-order valence-electron chi connectivity index (χ0n) is 15.3. The third-order valence-electron chi connectivity index (χ3n) is 4.53. The Hall–Kier alpha value is -2.57. The number of benzene rings is 2. The van der Waals surface area contributed by atoms with Gasteiger partial charge in [0, 0.05) is 30.9 Å². The van der Waals surface area contributed by atoms with Gasteiger partial charge in [0.15, 0.2) is 0 Å². The molecule has 2 atom stereocenters. The maximum Gasteiger partial charge on any atom is 0.0835 e. The Labute approximate surface area is 160 Å². The van der Waals surface area contributed by atoms with Gasteiger partial charge in [0.05, 0.1) is 11.8 Å². The lowest BCUT2D eigenvalue weighted by atomic mass is 10.0. The lowest BCUT2D eigenvalue weighted by molar-refractivity contribution is 0.0877. The standard InChI is InChI=1S/C22H26N4O/c23-20(14-17-6-2-1-3-7-17)22(27)16-26(24)15-18-9-11-19(12-10-18)21-8-4-5-13-25-21/h1-13,20,22,27H,14-16,23-24H2. The van der Waals surface area contributed by atoms with E-state index in [-0.39, 0.29) is 6.04 Å². The maximum absolute atomic E-state index is 10.4. The van der Waals surface area contributed by atoms with Crippen LogP contribution < -0.4 is 11.6 Å². The second-order valence-corrected chi connectivity index (χ2v) is 6.76. The molecule has 5 N–H and O–H groups in total. The summed E-state index contributed by atoms with van der Waals surface area (Å²) in [5, 5.41) is 12.0. The average molecular weight is 362 g/mol. The Morgan fingerprint density at radius 1 is 0.889 bits per heavy atom. The van der Waals surface area contributed by atoms with E-state index >= 15 is 0 Å². The van der Waals surface area contributed by atoms with Gasteiger partial charge in [0.2, 0.25) is 0 Å². The fraction of sp³-hybridized carbons (Fsp3) is 0.227. The summed E-state index contributed by atoms with van der Waals surface area (Å²) in [6.45, 7) is 0.855. The predicted molar refractivity (Wildman–Crippen MR) is 108 cm³/mol. The number of nitrogens with zero attached hydrogens (tertiary/aromatic N) is 2. The van der Waals surface area contributed by atoms with Crippen LogP contribution in [0.2, 0.25) is 0 Å². The van der Waals surface area contributed by atoms with Crippen molar-refractivity contribution in [1.29, 1.82) is 0 Å². The van der Waals surface area contributed by atoms with Crippen LogP contribution >= 0.6 is 0 Å². The van der Waals surface area contributed by atoms with Gasteiger partial charge in [-0.2, -0.15) is 0 Å². The Kier molecular flexibility index (Phi) is 6.68. The van der Waals surface area contributed by atoms with Crippen molar-refractivity contribution in [2.24, 2.45) is 11.6 Å². The van der Waals surface area contributed by atoms with E-state index < -0.39 is 6.10 Å². The fourth-order valence-corrected chi connectivity index (χ4v) is 3.01. The van der Waals surface area contributed by atoms with Gasteiger partial charge in [-0.05, 0) is 29.7 Å². The molecule has 5 heteroatoms. The zero-order valence-corrected chi connectivity index (χ0v) is 15.3. The Balaban J connectivity index is 1.51. The summed E-state index contributed by atoms with van der Waals surface area (Å²) in [7, 11) is 0. The van der Waals surface area contributed by atoms with Crippen LogP contribution in [0.25, 0.3) is 11.3 Å². The molecular formula is C22H26N4O. The Morgan fingerprint density at radius 3 is 2.26 bits per heavy atom. The smallest absolute Gasteiger partial charge is 0.0835 e. The first kappa shape index (κ1) is 19.2. The van der Waals surface area contributed by atoms with E-state index in [0.29, 0.717) is 19.5 Å². The number of rotatable bonds is 8. The highest BCUT2D eigenvalue weighted by Crippen LogP contribution is 2.17. The number of pyridine rings is 1. The summed E-state index contributed by atoms with van der Waals surface area (Å²) in [6, 6.07) is 23.5. The van der Waals surface area contributed by atoms with E-state index in [0.717, 1.165) is 22.4 Å². The number of nitrogens with two attached hydrogens (primary N) is 2. The van der Waals surface area contributed by atoms with Crippen LogP contribution in [-0.2, 0) is 13.0 Å². The molecule has 5 nitrogen and oxygen atoms in total. The van der Waals surface area contributed by atoms with Crippen molar-refractivity contribution >= 4 is 0 Å². The molecule has 0 saturated carbocycles. The first-order valence-electron chi connectivity index (χ1n) is 9.09. The SMILES string of the molecule is NC(Cc1ccccc1)C(O)CN(N)Cc1ccc(-c2ccccn2)cc1. The van der Waals surface area contributed by atoms with Gasteiger partial charge >= 0.3 is 0 Å². The van der Waals surface area contributed by atoms with Crippen LogP contribution in [0.4, 0.5) is 0 Å². The highest BCUT2D eigenvalue weighted by molar-refractivity contribution is 5.58. The number of aromatic nitrogens is 1. The van der Waals surface area contributed by atoms with Gasteiger partial charge in [-0.3, -0.25) is 10.8 Å². The van der Waals surface area contributed by atoms with E-state index in [9.17, 15) is 5.11 Å². The van der Waals surface area contributed by atoms with Crippen molar-refractivity contribution in [3.63, 3.8) is 0 Å². The van der Waals surface area contributed by atoms with Crippen LogP contribution in [0, 0.1) is 0 Å². The van der Waals surface area contributed by atoms with E-state index in [2.05, 4.69) is 4.98 Å². The minimum atomic E-state index is -0.692. The molecule has 0 aliphatic rings. The van der Waals surface area contributed by atoms with Crippen LogP contribution in [0.15, 0.2) is 79.0 Å². The molecule has 0 aliphatic carbocycles. The molecule has 1 aromatic heterocycles. The molecule has 0 aliphatic heterocycles. The first-order valence-corrected chi connectivity index (χ1v) is 9.09. The number of hydrogen-bond donors (Lipinski definition) is 3. The summed E-state index contributed by atoms with van der Waals surface area (Å²) in [6.07, 6.45) is 1.71. The molecule has 3 rings (SSSR count). The van der Waals surface area contributed by atoms with Crippen molar-refractivity contribution in [2.45, 2.75) is 25.1 Å². The molecule has 3 aromatic rings. The normalized spacial score (nSPS) is 13.5. The molecule has 0 radical (unpaired) electrons. The lowest BCUT2D eigenvalue weighted by Gasteiger charge is -2.24. The summed E-state index contributed by atoms with van der Waals surface area (Å²) < 4.78 is 0. The van der Waals surface area contributed by atoms with Gasteiger partial charge < -0.3 is 10.8 Å². The Morgan fingerprint density at radius 2 is 1.59 bits per heavy atom. The number of aliphatic hydroxyl groups excluding tert-OH is 1. The molecule has 2 unspecified atom stereocenters. The second kappa shape index (κ2) is 9.39. The van der Waals surface area contributed by atoms with Crippen LogP contribution in [0.5, 0.6) is 0 Å². The molecular weight excluding hydrogens is 336 g/mol. The highest BCUT2D eigenvalue weighted by Gasteiger charge is 2.17. The van der Waals surface area contributed by atoms with Gasteiger partial charge in [-0.25, -0.2) is 5.01 Å². The third kappa shape index (κ3) is 5.70. The molecule has 0 bridgehead atoms. The molecule has 0 spiro atoms. The number of hydrazine groups is 1. The summed E-state index contributed by atoms with van der Waals surface area (Å²) >= 11 is 0. The monoisotopic (exact) mass is 362 g/mol. The van der Waals surface area contributed by atoms with E-state index in [4.69, 9.17) is 11.6 Å². The number of aliphatic hydroxyl groups is 1. The Bertz CT molecular complexity index is 809. The second-order valence-electron chi connectivity index (χ2n) is 6.76. The van der Waals surface area contributed by atoms with Crippen molar-refractivity contribution in [1.82, 2.24) is 9.99 Å². The molecule has 1 heterocycles. The van der Waals surface area contributed by atoms with Crippen molar-refractivity contribution in [3.05, 3.63) is 90.1 Å². The molecule has 140 valence electrons.